The molecule has 1 aromatic rings. The number of nitrogens with zero attached hydrogens (tertiary/aromatic N) is 2. The normalized spacial score (nSPS) is 10.4. The van der Waals surface area contributed by atoms with Gasteiger partial charge in [0.25, 0.3) is 0 Å². The van der Waals surface area contributed by atoms with E-state index in [1.807, 2.05) is 0 Å². The molecule has 0 fully saturated rings. The van der Waals surface area contributed by atoms with Gasteiger partial charge in [-0.1, -0.05) is 23.2 Å². The number of hydrogen-bond donors (Lipinski definition) is 0. The van der Waals surface area contributed by atoms with Gasteiger partial charge < -0.3 is 12.4 Å². The first-order valence-electron chi connectivity index (χ1n) is 3.27. The Hall–Kier alpha value is -0.700. The number of halogens is 6. The van der Waals surface area contributed by atoms with Gasteiger partial charge in [-0.2, -0.15) is 13.2 Å². The molecule has 1 rings (SSSR count). The summed E-state index contributed by atoms with van der Waals surface area (Å²) >= 11 is 10.8. The van der Waals surface area contributed by atoms with Crippen LogP contribution in [0.3, 0.4) is 0 Å². The fourth-order valence-corrected chi connectivity index (χ4v) is 1.39. The van der Waals surface area contributed by atoms with Crippen molar-refractivity contribution in [3.63, 3.8) is 0 Å². The van der Waals surface area contributed by atoms with E-state index < -0.39 is 11.7 Å². The molecule has 0 N–H and O–H groups in total. The zero-order valence-corrected chi connectivity index (χ0v) is 9.08. The monoisotopic (exact) mass is 276 g/mol. The molecule has 0 aliphatic heterocycles. The van der Waals surface area contributed by atoms with E-state index in [0.29, 0.717) is 12.1 Å². The zero-order chi connectivity index (χ0) is 10.9. The fraction of sp³-hybridized carbons (Fsp3) is 0.143. The Balaban J connectivity index is 0.00000196. The van der Waals surface area contributed by atoms with Crippen molar-refractivity contribution in [3.8, 4) is 0 Å². The third-order valence-electron chi connectivity index (χ3n) is 1.44. The number of hydrogen-bond acceptors (Lipinski definition) is 1. The molecule has 0 amide bonds. The van der Waals surface area contributed by atoms with Crippen molar-refractivity contribution in [2.45, 2.75) is 6.18 Å². The molecule has 0 aliphatic rings. The Morgan fingerprint density at radius 2 is 1.53 bits per heavy atom. The molecule has 2 nitrogen and oxygen atoms in total. The van der Waals surface area contributed by atoms with Crippen LogP contribution in [0.25, 0.3) is 4.98 Å². The molecule has 8 heteroatoms. The molecule has 0 atom stereocenters. The second-order valence-corrected chi connectivity index (χ2v) is 3.20. The maximum Gasteiger partial charge on any atom is 0.421 e. The summed E-state index contributed by atoms with van der Waals surface area (Å²) in [4.78, 5) is 2.66. The van der Waals surface area contributed by atoms with E-state index in [-0.39, 0.29) is 28.1 Å². The number of benzene rings is 1. The first-order chi connectivity index (χ1) is 6.36. The number of diazo groups is 1. The van der Waals surface area contributed by atoms with Crippen molar-refractivity contribution in [2.24, 2.45) is 0 Å². The summed E-state index contributed by atoms with van der Waals surface area (Å²) in [5, 5.41) is 7.66. The molecule has 82 valence electrons. The summed E-state index contributed by atoms with van der Waals surface area (Å²) in [6.45, 7) is 0. The lowest BCUT2D eigenvalue weighted by molar-refractivity contribution is -0.137. The maximum absolute atomic E-state index is 12.2. The molecule has 0 saturated heterocycles. The van der Waals surface area contributed by atoms with Crippen molar-refractivity contribution in [1.82, 2.24) is 0 Å². The van der Waals surface area contributed by atoms with Gasteiger partial charge in [0.2, 0.25) is 5.39 Å². The van der Waals surface area contributed by atoms with Gasteiger partial charge >= 0.3 is 11.9 Å². The Kier molecular flexibility index (Phi) is 4.65. The zero-order valence-electron chi connectivity index (χ0n) is 6.82. The molecule has 0 spiro atoms. The Bertz CT molecular complexity index is 388. The predicted molar refractivity (Wildman–Crippen MR) is 46.2 cm³/mol. The van der Waals surface area contributed by atoms with Crippen LogP contribution in [0.1, 0.15) is 5.56 Å². The lowest BCUT2D eigenvalue weighted by atomic mass is 10.2. The average molecular weight is 277 g/mol. The van der Waals surface area contributed by atoms with Gasteiger partial charge in [0.1, 0.15) is 10.0 Å². The number of rotatable bonds is 0. The predicted octanol–water partition coefficient (Wildman–Crippen LogP) is 1.50. The summed E-state index contributed by atoms with van der Waals surface area (Å²) in [5.41, 5.74) is -1.26. The second-order valence-electron chi connectivity index (χ2n) is 2.39. The smallest absolute Gasteiger partial charge is 0.421 e. The molecule has 0 saturated carbocycles. The molecule has 0 unspecified atom stereocenters. The fourth-order valence-electron chi connectivity index (χ4n) is 0.825. The van der Waals surface area contributed by atoms with Gasteiger partial charge in [0.05, 0.1) is 5.56 Å². The van der Waals surface area contributed by atoms with E-state index in [9.17, 15) is 13.2 Å². The first kappa shape index (κ1) is 14.3. The summed E-state index contributed by atoms with van der Waals surface area (Å²) in [5.74, 6) is 0. The molecule has 0 heterocycles. The van der Waals surface area contributed by atoms with Crippen molar-refractivity contribution >= 4 is 28.9 Å². The highest BCUT2D eigenvalue weighted by Gasteiger charge is 2.34. The van der Waals surface area contributed by atoms with Gasteiger partial charge in [-0.15, -0.1) is 0 Å². The summed E-state index contributed by atoms with van der Waals surface area (Å²) < 4.78 is 36.5. The Morgan fingerprint density at radius 1 is 1.13 bits per heavy atom. The summed E-state index contributed by atoms with van der Waals surface area (Å²) in [7, 11) is 0. The van der Waals surface area contributed by atoms with Crippen LogP contribution in [-0.4, -0.2) is 0 Å². The van der Waals surface area contributed by atoms with Gasteiger partial charge in [-0.25, -0.2) is 0 Å². The van der Waals surface area contributed by atoms with Crippen LogP contribution in [0.15, 0.2) is 12.1 Å². The van der Waals surface area contributed by atoms with Gasteiger partial charge in [-0.3, -0.25) is 0 Å². The number of alkyl halides is 3. The van der Waals surface area contributed by atoms with Crippen molar-refractivity contribution in [2.75, 3.05) is 0 Å². The van der Waals surface area contributed by atoms with Crippen molar-refractivity contribution in [3.05, 3.63) is 32.7 Å². The highest BCUT2D eigenvalue weighted by Crippen LogP contribution is 2.39. The highest BCUT2D eigenvalue weighted by atomic mass is 35.5. The van der Waals surface area contributed by atoms with Crippen LogP contribution in [0.4, 0.5) is 18.9 Å². The summed E-state index contributed by atoms with van der Waals surface area (Å²) in [6.07, 6.45) is -4.53. The minimum atomic E-state index is -4.53. The van der Waals surface area contributed by atoms with Crippen LogP contribution in [-0.2, 0) is 6.18 Å². The lowest BCUT2D eigenvalue weighted by Crippen LogP contribution is -3.00. The van der Waals surface area contributed by atoms with E-state index in [2.05, 4.69) is 4.98 Å². The third kappa shape index (κ3) is 3.13. The van der Waals surface area contributed by atoms with Crippen LogP contribution in [0, 0.1) is 5.39 Å². The van der Waals surface area contributed by atoms with E-state index in [1.54, 1.807) is 0 Å². The molecule has 1 aromatic carbocycles. The van der Waals surface area contributed by atoms with E-state index in [0.717, 1.165) is 0 Å². The van der Waals surface area contributed by atoms with Crippen LogP contribution in [0.2, 0.25) is 10.0 Å². The third-order valence-corrected chi connectivity index (χ3v) is 2.02. The highest BCUT2D eigenvalue weighted by molar-refractivity contribution is 6.39. The molecule has 0 aliphatic carbocycles. The van der Waals surface area contributed by atoms with Crippen LogP contribution < -0.4 is 12.4 Å². The van der Waals surface area contributed by atoms with Crippen molar-refractivity contribution in [1.29, 1.82) is 5.39 Å². The minimum Gasteiger partial charge on any atom is -1.00 e. The average Bonchev–Trinajstić information content (AvgIpc) is 2.01. The maximum atomic E-state index is 12.2. The largest absolute Gasteiger partial charge is 1.00 e. The molecule has 0 bridgehead atoms. The van der Waals surface area contributed by atoms with E-state index >= 15 is 0 Å². The van der Waals surface area contributed by atoms with E-state index in [4.69, 9.17) is 28.6 Å². The van der Waals surface area contributed by atoms with Crippen LogP contribution in [0.5, 0.6) is 0 Å². The van der Waals surface area contributed by atoms with Gasteiger partial charge in [0.15, 0.2) is 4.98 Å². The van der Waals surface area contributed by atoms with Crippen LogP contribution >= 0.6 is 23.2 Å². The van der Waals surface area contributed by atoms with Crippen molar-refractivity contribution < 1.29 is 25.6 Å². The quantitative estimate of drug-likeness (QED) is 0.661. The van der Waals surface area contributed by atoms with Gasteiger partial charge in [0, 0.05) is 0 Å². The van der Waals surface area contributed by atoms with Gasteiger partial charge in [-0.05, 0) is 12.1 Å². The van der Waals surface area contributed by atoms with E-state index in [1.165, 1.54) is 0 Å². The Labute approximate surface area is 99.0 Å². The topological polar surface area (TPSA) is 28.1 Å². The second kappa shape index (κ2) is 4.88. The lowest BCUT2D eigenvalue weighted by Gasteiger charge is -2.05. The molecular weight excluding hydrogens is 275 g/mol. The first-order valence-corrected chi connectivity index (χ1v) is 4.03. The molecule has 0 aromatic heterocycles. The molecule has 0 radical (unpaired) electrons. The molecule has 15 heavy (non-hydrogen) atoms. The molecular formula is C7H2Cl3F3N2. The summed E-state index contributed by atoms with van der Waals surface area (Å²) in [6, 6.07) is 1.28. The SMILES string of the molecule is N#[N+]c1c(Cl)cc(C(F)(F)F)cc1Cl.[Cl-]. The Morgan fingerprint density at radius 3 is 1.80 bits per heavy atom. The minimum absolute atomic E-state index is 0. The standard InChI is InChI=1S/C7H2Cl2F3N2.ClH/c8-4-1-3(7(10,11)12)2-5(9)6(4)14-13;/h1-2H;1H/q+1;/p-1.